The lowest BCUT2D eigenvalue weighted by atomic mass is 9.75. The number of aliphatic hydroxyl groups is 1. The van der Waals surface area contributed by atoms with E-state index in [2.05, 4.69) is 47.2 Å². The lowest BCUT2D eigenvalue weighted by Crippen LogP contribution is -2.38. The lowest BCUT2D eigenvalue weighted by molar-refractivity contribution is -0.671. The second kappa shape index (κ2) is 10.5. The first kappa shape index (κ1) is 26.4. The normalized spacial score (nSPS) is 20.0. The van der Waals surface area contributed by atoms with Crippen molar-refractivity contribution in [3.05, 3.63) is 102 Å². The number of unbranched alkanes of at least 4 members (excludes halogenated alkanes) is 1. The number of fused-ring (bicyclic) bond motifs is 2. The summed E-state index contributed by atoms with van der Waals surface area (Å²) in [6.45, 7) is 7.15. The number of aliphatic hydroxyl groups excluding tert-OH is 1. The van der Waals surface area contributed by atoms with Crippen LogP contribution in [0.4, 0.5) is 0 Å². The predicted molar refractivity (Wildman–Crippen MR) is 150 cm³/mol. The topological polar surface area (TPSA) is 67.5 Å². The van der Waals surface area contributed by atoms with Gasteiger partial charge in [-0.2, -0.15) is 4.57 Å². The number of aryl methyl sites for hydroxylation is 2. The summed E-state index contributed by atoms with van der Waals surface area (Å²) < 4.78 is 34.7. The highest BCUT2D eigenvalue weighted by atomic mass is 32.2. The molecule has 0 fully saturated rings. The Labute approximate surface area is 225 Å². The van der Waals surface area contributed by atoms with E-state index in [0.717, 1.165) is 36.3 Å². The molecule has 198 valence electrons. The Balaban J connectivity index is 1.27. The molecule has 38 heavy (non-hydrogen) atoms. The highest BCUT2D eigenvalue weighted by molar-refractivity contribution is 7.91. The fourth-order valence-electron chi connectivity index (χ4n) is 5.59. The molecule has 0 amide bonds. The van der Waals surface area contributed by atoms with Crippen molar-refractivity contribution in [1.82, 2.24) is 0 Å². The van der Waals surface area contributed by atoms with E-state index in [0.29, 0.717) is 17.1 Å². The minimum absolute atomic E-state index is 0.0913. The molecule has 3 aromatic carbocycles. The summed E-state index contributed by atoms with van der Waals surface area (Å²) in [5.74, 6) is 0.237. The number of pyridine rings is 1. The minimum Gasteiger partial charge on any atom is -0.494 e. The maximum Gasteiger partial charge on any atom is 0.212 e. The number of hydrogen-bond donors (Lipinski definition) is 1. The molecule has 0 radical (unpaired) electrons. The standard InChI is InChI=1S/C32H36NO4S/c1-23-12-17-29-27(21-23)30(31(34)32(2,3)22-38(29,35)36)25-13-15-26(16-14-25)37-20-7-6-18-33-19-8-10-24-9-4-5-11-28(24)33/h4-5,8-17,19,21,30-31,34H,6-7,18,20,22H2,1-3H3/q+1/t30-,31-/m1/s1. The average Bonchev–Trinajstić information content (AvgIpc) is 2.94. The molecule has 0 aliphatic carbocycles. The van der Waals surface area contributed by atoms with E-state index in [4.69, 9.17) is 4.74 Å². The molecule has 0 saturated carbocycles. The number of nitrogens with zero attached hydrogens (tertiary/aromatic N) is 1. The Morgan fingerprint density at radius 3 is 2.50 bits per heavy atom. The van der Waals surface area contributed by atoms with E-state index in [-0.39, 0.29) is 5.75 Å². The van der Waals surface area contributed by atoms with Crippen LogP contribution in [0.25, 0.3) is 10.9 Å². The first-order chi connectivity index (χ1) is 18.2. The molecule has 0 unspecified atom stereocenters. The molecule has 0 bridgehead atoms. The molecule has 0 spiro atoms. The summed E-state index contributed by atoms with van der Waals surface area (Å²) in [5.41, 5.74) is 2.96. The van der Waals surface area contributed by atoms with Crippen LogP contribution in [0.2, 0.25) is 0 Å². The van der Waals surface area contributed by atoms with Gasteiger partial charge in [0.05, 0.1) is 23.4 Å². The summed E-state index contributed by atoms with van der Waals surface area (Å²) >= 11 is 0. The zero-order valence-corrected chi connectivity index (χ0v) is 23.1. The molecule has 5 rings (SSSR count). The van der Waals surface area contributed by atoms with Crippen LogP contribution >= 0.6 is 0 Å². The number of sulfone groups is 1. The smallest absolute Gasteiger partial charge is 0.212 e. The second-order valence-electron chi connectivity index (χ2n) is 11.1. The molecule has 4 aromatic rings. The molecule has 2 heterocycles. The van der Waals surface area contributed by atoms with Gasteiger partial charge in [-0.1, -0.05) is 55.8 Å². The van der Waals surface area contributed by atoms with Crippen LogP contribution in [-0.4, -0.2) is 32.0 Å². The van der Waals surface area contributed by atoms with Gasteiger partial charge in [0, 0.05) is 35.3 Å². The van der Waals surface area contributed by atoms with Crippen molar-refractivity contribution >= 4 is 20.7 Å². The number of ether oxygens (including phenoxy) is 1. The third-order valence-electron chi connectivity index (χ3n) is 7.60. The molecule has 6 heteroatoms. The van der Waals surface area contributed by atoms with Crippen molar-refractivity contribution < 1.29 is 22.8 Å². The molecule has 1 aliphatic heterocycles. The first-order valence-corrected chi connectivity index (χ1v) is 14.9. The number of hydrogen-bond acceptors (Lipinski definition) is 4. The van der Waals surface area contributed by atoms with Gasteiger partial charge < -0.3 is 9.84 Å². The van der Waals surface area contributed by atoms with Gasteiger partial charge in [0.2, 0.25) is 5.52 Å². The number of benzene rings is 3. The maximum atomic E-state index is 13.2. The zero-order chi connectivity index (χ0) is 26.9. The summed E-state index contributed by atoms with van der Waals surface area (Å²) in [6, 6.07) is 25.8. The van der Waals surface area contributed by atoms with Gasteiger partial charge >= 0.3 is 0 Å². The van der Waals surface area contributed by atoms with Crippen LogP contribution in [0.1, 0.15) is 49.3 Å². The Bertz CT molecular complexity index is 1540. The van der Waals surface area contributed by atoms with E-state index in [1.54, 1.807) is 6.07 Å². The monoisotopic (exact) mass is 530 g/mol. The SMILES string of the molecule is Cc1ccc2c(c1)[C@@H](c1ccc(OCCCC[n+]3cccc4ccccc43)cc1)[C@@H](O)C(C)(C)CS2(=O)=O. The van der Waals surface area contributed by atoms with Gasteiger partial charge in [-0.15, -0.1) is 0 Å². The minimum atomic E-state index is -3.52. The summed E-state index contributed by atoms with van der Waals surface area (Å²) in [4.78, 5) is 0.321. The molecular formula is C32H36NO4S+. The van der Waals surface area contributed by atoms with Crippen LogP contribution in [-0.2, 0) is 16.4 Å². The Morgan fingerprint density at radius 2 is 1.71 bits per heavy atom. The van der Waals surface area contributed by atoms with Crippen LogP contribution in [0, 0.1) is 12.3 Å². The number of aromatic nitrogens is 1. The van der Waals surface area contributed by atoms with Crippen LogP contribution in [0.15, 0.2) is 90.0 Å². The van der Waals surface area contributed by atoms with E-state index in [9.17, 15) is 13.5 Å². The predicted octanol–water partition coefficient (Wildman–Crippen LogP) is 5.60. The number of rotatable bonds is 7. The summed E-state index contributed by atoms with van der Waals surface area (Å²) in [7, 11) is -3.52. The van der Waals surface area contributed by atoms with Crippen molar-refractivity contribution in [3.8, 4) is 5.75 Å². The van der Waals surface area contributed by atoms with E-state index in [1.165, 1.54) is 10.9 Å². The Kier molecular flexibility index (Phi) is 7.30. The van der Waals surface area contributed by atoms with Crippen LogP contribution in [0.5, 0.6) is 5.75 Å². The maximum absolute atomic E-state index is 13.2. The highest BCUT2D eigenvalue weighted by Crippen LogP contribution is 2.45. The van der Waals surface area contributed by atoms with Crippen LogP contribution in [0.3, 0.4) is 0 Å². The molecule has 0 saturated heterocycles. The van der Waals surface area contributed by atoms with Crippen molar-refractivity contribution in [2.24, 2.45) is 5.41 Å². The first-order valence-electron chi connectivity index (χ1n) is 13.3. The molecule has 2 atom stereocenters. The van der Waals surface area contributed by atoms with E-state index < -0.39 is 27.3 Å². The molecule has 1 aromatic heterocycles. The van der Waals surface area contributed by atoms with Crippen LogP contribution < -0.4 is 9.30 Å². The molecule has 5 nitrogen and oxygen atoms in total. The van der Waals surface area contributed by atoms with Gasteiger partial charge in [0.1, 0.15) is 12.3 Å². The van der Waals surface area contributed by atoms with Crippen molar-refractivity contribution in [2.75, 3.05) is 12.4 Å². The quantitative estimate of drug-likeness (QED) is 0.249. The highest BCUT2D eigenvalue weighted by Gasteiger charge is 2.44. The third kappa shape index (κ3) is 5.33. The van der Waals surface area contributed by atoms with Crippen molar-refractivity contribution in [1.29, 1.82) is 0 Å². The third-order valence-corrected chi connectivity index (χ3v) is 9.77. The fourth-order valence-corrected chi connectivity index (χ4v) is 7.72. The summed E-state index contributed by atoms with van der Waals surface area (Å²) in [6.07, 6.45) is 3.21. The Morgan fingerprint density at radius 1 is 0.974 bits per heavy atom. The van der Waals surface area contributed by atoms with Gasteiger partial charge in [0.25, 0.3) is 0 Å². The molecule has 1 N–H and O–H groups in total. The van der Waals surface area contributed by atoms with Gasteiger partial charge in [-0.05, 0) is 54.8 Å². The second-order valence-corrected chi connectivity index (χ2v) is 13.1. The van der Waals surface area contributed by atoms with Gasteiger partial charge in [0.15, 0.2) is 16.0 Å². The largest absolute Gasteiger partial charge is 0.494 e. The summed E-state index contributed by atoms with van der Waals surface area (Å²) in [5, 5.41) is 12.7. The fraction of sp³-hybridized carbons (Fsp3) is 0.344. The Hall–Kier alpha value is -3.22. The van der Waals surface area contributed by atoms with Gasteiger partial charge in [-0.3, -0.25) is 0 Å². The molecule has 1 aliphatic rings. The lowest BCUT2D eigenvalue weighted by Gasteiger charge is -2.33. The molecular weight excluding hydrogens is 494 g/mol. The van der Waals surface area contributed by atoms with E-state index in [1.807, 2.05) is 57.2 Å². The van der Waals surface area contributed by atoms with Gasteiger partial charge in [-0.25, -0.2) is 8.42 Å². The van der Waals surface area contributed by atoms with Crippen molar-refractivity contribution in [2.45, 2.75) is 57.1 Å². The average molecular weight is 531 g/mol. The number of para-hydroxylation sites is 1. The van der Waals surface area contributed by atoms with Crippen molar-refractivity contribution in [3.63, 3.8) is 0 Å². The zero-order valence-electron chi connectivity index (χ0n) is 22.3. The van der Waals surface area contributed by atoms with E-state index >= 15 is 0 Å².